The van der Waals surface area contributed by atoms with Crippen LogP contribution in [0.3, 0.4) is 0 Å². The van der Waals surface area contributed by atoms with Crippen molar-refractivity contribution in [2.45, 2.75) is 12.6 Å². The molecule has 1 aromatic carbocycles. The number of ether oxygens (including phenoxy) is 2. The molecule has 8 nitrogen and oxygen atoms in total. The van der Waals surface area contributed by atoms with Crippen LogP contribution in [0.5, 0.6) is 11.5 Å². The molecule has 27 heavy (non-hydrogen) atoms. The highest BCUT2D eigenvalue weighted by Crippen LogP contribution is 2.34. The molecular formula is C19H24N4O4. The first kappa shape index (κ1) is 17.8. The quantitative estimate of drug-likeness (QED) is 0.843. The smallest absolute Gasteiger partial charge is 0.325 e. The van der Waals surface area contributed by atoms with E-state index in [1.54, 1.807) is 18.3 Å². The summed E-state index contributed by atoms with van der Waals surface area (Å²) in [7, 11) is 1.99. The largest absolute Gasteiger partial charge is 0.486 e. The molecule has 1 aromatic heterocycles. The summed E-state index contributed by atoms with van der Waals surface area (Å²) in [5.41, 5.74) is 0.726. The summed E-state index contributed by atoms with van der Waals surface area (Å²) in [6.45, 7) is 4.78. The summed E-state index contributed by atoms with van der Waals surface area (Å²) in [6, 6.07) is 4.74. The molecule has 0 radical (unpaired) electrons. The molecule has 144 valence electrons. The summed E-state index contributed by atoms with van der Waals surface area (Å²) in [5.74, 6) is 1.47. The standard InChI is InChI=1S/C19H24N4O4/c1-21-5-4-20-17(21)13-22-6-8-23(9-7-22)18(19(24)25)14-2-3-15-16(12-14)27-11-10-26-15/h2-5,12,18H,6-11,13H2,1H3,(H,24,25)/t18-/m1/s1. The second kappa shape index (κ2) is 7.58. The Balaban J connectivity index is 1.44. The molecule has 8 heteroatoms. The Labute approximate surface area is 157 Å². The van der Waals surface area contributed by atoms with Crippen LogP contribution in [-0.4, -0.2) is 69.8 Å². The van der Waals surface area contributed by atoms with Crippen molar-refractivity contribution < 1.29 is 19.4 Å². The number of nitrogens with zero attached hydrogens (tertiary/aromatic N) is 4. The fraction of sp³-hybridized carbons (Fsp3) is 0.474. The number of benzene rings is 1. The fourth-order valence-electron chi connectivity index (χ4n) is 3.67. The van der Waals surface area contributed by atoms with Crippen molar-refractivity contribution >= 4 is 5.97 Å². The first-order valence-electron chi connectivity index (χ1n) is 9.17. The predicted octanol–water partition coefficient (Wildman–Crippen LogP) is 1.13. The van der Waals surface area contributed by atoms with Gasteiger partial charge in [-0.2, -0.15) is 0 Å². The molecule has 2 aliphatic rings. The summed E-state index contributed by atoms with van der Waals surface area (Å²) >= 11 is 0. The van der Waals surface area contributed by atoms with E-state index < -0.39 is 12.0 Å². The number of fused-ring (bicyclic) bond motifs is 1. The van der Waals surface area contributed by atoms with Crippen molar-refractivity contribution in [1.29, 1.82) is 0 Å². The third-order valence-corrected chi connectivity index (χ3v) is 5.17. The van der Waals surface area contributed by atoms with Gasteiger partial charge in [0.1, 0.15) is 25.1 Å². The van der Waals surface area contributed by atoms with Crippen molar-refractivity contribution in [3.63, 3.8) is 0 Å². The van der Waals surface area contributed by atoms with Gasteiger partial charge in [0.25, 0.3) is 0 Å². The molecule has 3 heterocycles. The molecule has 0 amide bonds. The first-order valence-corrected chi connectivity index (χ1v) is 9.17. The molecule has 2 aromatic rings. The number of carbonyl (C=O) groups is 1. The molecule has 0 aliphatic carbocycles. The number of carboxylic acids is 1. The van der Waals surface area contributed by atoms with Crippen LogP contribution in [0.1, 0.15) is 17.4 Å². The molecule has 0 spiro atoms. The minimum atomic E-state index is -0.843. The number of aromatic nitrogens is 2. The lowest BCUT2D eigenvalue weighted by Gasteiger charge is -2.37. The van der Waals surface area contributed by atoms with Crippen molar-refractivity contribution in [3.05, 3.63) is 42.0 Å². The minimum Gasteiger partial charge on any atom is -0.486 e. The molecule has 1 fully saturated rings. The maximum Gasteiger partial charge on any atom is 0.325 e. The summed E-state index contributed by atoms with van der Waals surface area (Å²) < 4.78 is 13.2. The SMILES string of the molecule is Cn1ccnc1CN1CCN([C@@H](C(=O)O)c2ccc3c(c2)OCCO3)CC1. The Hall–Kier alpha value is -2.58. The molecule has 2 aliphatic heterocycles. The second-order valence-corrected chi connectivity index (χ2v) is 6.91. The van der Waals surface area contributed by atoms with E-state index in [2.05, 4.69) is 9.88 Å². The Morgan fingerprint density at radius 3 is 2.59 bits per heavy atom. The number of carboxylic acid groups (broad SMARTS) is 1. The number of hydrogen-bond acceptors (Lipinski definition) is 6. The van der Waals surface area contributed by atoms with Gasteiger partial charge in [-0.1, -0.05) is 6.07 Å². The molecule has 0 saturated carbocycles. The maximum atomic E-state index is 12.0. The number of rotatable bonds is 5. The second-order valence-electron chi connectivity index (χ2n) is 6.91. The molecule has 1 atom stereocenters. The van der Waals surface area contributed by atoms with E-state index in [1.165, 1.54) is 0 Å². The van der Waals surface area contributed by atoms with Gasteiger partial charge >= 0.3 is 5.97 Å². The highest BCUT2D eigenvalue weighted by Gasteiger charge is 2.31. The van der Waals surface area contributed by atoms with Gasteiger partial charge in [0.15, 0.2) is 11.5 Å². The van der Waals surface area contributed by atoms with Gasteiger partial charge in [-0.15, -0.1) is 0 Å². The molecular weight excluding hydrogens is 348 g/mol. The molecule has 0 unspecified atom stereocenters. The van der Waals surface area contributed by atoms with Crippen LogP contribution in [0.4, 0.5) is 0 Å². The van der Waals surface area contributed by atoms with E-state index >= 15 is 0 Å². The van der Waals surface area contributed by atoms with E-state index in [0.717, 1.165) is 31.0 Å². The van der Waals surface area contributed by atoms with Crippen LogP contribution in [0.2, 0.25) is 0 Å². The summed E-state index contributed by atoms with van der Waals surface area (Å²) in [6.07, 6.45) is 3.74. The van der Waals surface area contributed by atoms with Crippen LogP contribution in [0, 0.1) is 0 Å². The third-order valence-electron chi connectivity index (χ3n) is 5.17. The zero-order chi connectivity index (χ0) is 18.8. The average molecular weight is 372 g/mol. The Morgan fingerprint density at radius 1 is 1.19 bits per heavy atom. The van der Waals surface area contributed by atoms with Gasteiger partial charge in [-0.25, -0.2) is 4.98 Å². The van der Waals surface area contributed by atoms with E-state index in [1.807, 2.05) is 28.8 Å². The van der Waals surface area contributed by atoms with Crippen molar-refractivity contribution in [2.24, 2.45) is 7.05 Å². The number of piperazine rings is 1. The van der Waals surface area contributed by atoms with Crippen LogP contribution in [0.15, 0.2) is 30.6 Å². The molecule has 0 bridgehead atoms. The van der Waals surface area contributed by atoms with E-state index in [9.17, 15) is 9.90 Å². The lowest BCUT2D eigenvalue weighted by molar-refractivity contribution is -0.144. The molecule has 1 N–H and O–H groups in total. The van der Waals surface area contributed by atoms with E-state index in [4.69, 9.17) is 9.47 Å². The van der Waals surface area contributed by atoms with Crippen LogP contribution in [-0.2, 0) is 18.4 Å². The number of aliphatic carboxylic acids is 1. The van der Waals surface area contributed by atoms with Crippen molar-refractivity contribution in [1.82, 2.24) is 19.4 Å². The number of aryl methyl sites for hydroxylation is 1. The maximum absolute atomic E-state index is 12.0. The lowest BCUT2D eigenvalue weighted by Crippen LogP contribution is -2.49. The summed E-state index contributed by atoms with van der Waals surface area (Å²) in [5, 5.41) is 9.85. The third kappa shape index (κ3) is 3.77. The van der Waals surface area contributed by atoms with Crippen LogP contribution < -0.4 is 9.47 Å². The number of imidazole rings is 1. The highest BCUT2D eigenvalue weighted by atomic mass is 16.6. The molecule has 4 rings (SSSR count). The van der Waals surface area contributed by atoms with Crippen molar-refractivity contribution in [2.75, 3.05) is 39.4 Å². The van der Waals surface area contributed by atoms with Gasteiger partial charge < -0.3 is 19.1 Å². The van der Waals surface area contributed by atoms with Gasteiger partial charge in [0.2, 0.25) is 0 Å². The average Bonchev–Trinajstić information content (AvgIpc) is 3.07. The Bertz CT molecular complexity index is 814. The van der Waals surface area contributed by atoms with Crippen LogP contribution >= 0.6 is 0 Å². The normalized spacial score (nSPS) is 19.0. The first-order chi connectivity index (χ1) is 13.1. The van der Waals surface area contributed by atoms with Crippen LogP contribution in [0.25, 0.3) is 0 Å². The Morgan fingerprint density at radius 2 is 1.93 bits per heavy atom. The topological polar surface area (TPSA) is 80.1 Å². The Kier molecular flexibility index (Phi) is 5.00. The fourth-order valence-corrected chi connectivity index (χ4v) is 3.67. The number of hydrogen-bond donors (Lipinski definition) is 1. The zero-order valence-corrected chi connectivity index (χ0v) is 15.4. The van der Waals surface area contributed by atoms with Crippen molar-refractivity contribution in [3.8, 4) is 11.5 Å². The lowest BCUT2D eigenvalue weighted by atomic mass is 10.0. The highest BCUT2D eigenvalue weighted by molar-refractivity contribution is 5.76. The van der Waals surface area contributed by atoms with Gasteiger partial charge in [0.05, 0.1) is 6.54 Å². The predicted molar refractivity (Wildman–Crippen MR) is 97.9 cm³/mol. The molecule has 1 saturated heterocycles. The van der Waals surface area contributed by atoms with Gasteiger partial charge in [-0.3, -0.25) is 14.6 Å². The zero-order valence-electron chi connectivity index (χ0n) is 15.4. The minimum absolute atomic E-state index is 0.486. The van der Waals surface area contributed by atoms with Gasteiger partial charge in [0, 0.05) is 45.6 Å². The summed E-state index contributed by atoms with van der Waals surface area (Å²) in [4.78, 5) is 20.7. The van der Waals surface area contributed by atoms with E-state index in [-0.39, 0.29) is 0 Å². The van der Waals surface area contributed by atoms with E-state index in [0.29, 0.717) is 37.8 Å². The van der Waals surface area contributed by atoms with Gasteiger partial charge in [-0.05, 0) is 17.7 Å². The monoisotopic (exact) mass is 372 g/mol.